The van der Waals surface area contributed by atoms with Gasteiger partial charge in [-0.2, -0.15) is 0 Å². The minimum atomic E-state index is -0.500. The van der Waals surface area contributed by atoms with E-state index in [1.165, 1.54) is 0 Å². The molecule has 3 atom stereocenters. The van der Waals surface area contributed by atoms with Gasteiger partial charge in [0.25, 0.3) is 0 Å². The zero-order valence-electron chi connectivity index (χ0n) is 16.8. The molecule has 29 heavy (non-hydrogen) atoms. The van der Waals surface area contributed by atoms with Crippen molar-refractivity contribution >= 4 is 11.4 Å². The molecule has 1 aliphatic heterocycles. The summed E-state index contributed by atoms with van der Waals surface area (Å²) < 4.78 is 17.6. The van der Waals surface area contributed by atoms with Gasteiger partial charge in [0.05, 0.1) is 12.7 Å². The number of ketones is 1. The summed E-state index contributed by atoms with van der Waals surface area (Å²) in [6.45, 7) is 8.24. The van der Waals surface area contributed by atoms with Crippen LogP contribution in [0.15, 0.2) is 70.8 Å². The van der Waals surface area contributed by atoms with Crippen LogP contribution in [0.4, 0.5) is 0 Å². The summed E-state index contributed by atoms with van der Waals surface area (Å²) in [7, 11) is 0. The number of rotatable bonds is 6. The number of ether oxygens (including phenoxy) is 2. The molecule has 1 aromatic carbocycles. The highest BCUT2D eigenvalue weighted by molar-refractivity contribution is 5.97. The number of benzene rings is 1. The normalized spacial score (nSPS) is 23.9. The van der Waals surface area contributed by atoms with Crippen LogP contribution in [0.1, 0.15) is 32.4 Å². The first-order valence-corrected chi connectivity index (χ1v) is 9.88. The molecule has 1 aromatic heterocycles. The second kappa shape index (κ2) is 8.31. The second-order valence-electron chi connectivity index (χ2n) is 7.69. The number of aromatic nitrogens is 1. The van der Waals surface area contributed by atoms with Gasteiger partial charge in [-0.15, -0.1) is 6.58 Å². The van der Waals surface area contributed by atoms with E-state index in [2.05, 4.69) is 11.7 Å². The Morgan fingerprint density at radius 2 is 2.07 bits per heavy atom. The van der Waals surface area contributed by atoms with Gasteiger partial charge in [-0.3, -0.25) is 4.79 Å². The lowest BCUT2D eigenvalue weighted by atomic mass is 9.79. The number of Topliss-reactive ketones (excluding diaryl/α,β-unsaturated/α-hetero) is 1. The predicted molar refractivity (Wildman–Crippen MR) is 111 cm³/mol. The molecule has 5 nitrogen and oxygen atoms in total. The summed E-state index contributed by atoms with van der Waals surface area (Å²) in [5.41, 5.74) is 4.41. The number of hydrogen-bond acceptors (Lipinski definition) is 5. The Bertz CT molecular complexity index is 970. The van der Waals surface area contributed by atoms with Gasteiger partial charge in [-0.25, -0.2) is 0 Å². The average Bonchev–Trinajstić information content (AvgIpc) is 3.19. The zero-order valence-corrected chi connectivity index (χ0v) is 16.8. The molecular formula is C24H25NO4. The Labute approximate surface area is 170 Å². The van der Waals surface area contributed by atoms with Crippen molar-refractivity contribution in [1.82, 2.24) is 5.16 Å². The van der Waals surface area contributed by atoms with E-state index in [0.29, 0.717) is 18.8 Å². The Morgan fingerprint density at radius 1 is 1.28 bits per heavy atom. The van der Waals surface area contributed by atoms with Crippen LogP contribution in [-0.4, -0.2) is 29.9 Å². The van der Waals surface area contributed by atoms with Crippen molar-refractivity contribution in [2.24, 2.45) is 5.92 Å². The molecule has 0 bridgehead atoms. The van der Waals surface area contributed by atoms with Gasteiger partial charge in [0, 0.05) is 24.0 Å². The first kappa shape index (κ1) is 19.6. The minimum Gasteiger partial charge on any atom is -0.356 e. The van der Waals surface area contributed by atoms with Crippen molar-refractivity contribution in [2.75, 3.05) is 6.61 Å². The van der Waals surface area contributed by atoms with Crippen molar-refractivity contribution in [3.8, 4) is 11.3 Å². The topological polar surface area (TPSA) is 61.6 Å². The molecule has 0 N–H and O–H groups in total. The largest absolute Gasteiger partial charge is 0.356 e. The summed E-state index contributed by atoms with van der Waals surface area (Å²) in [4.78, 5) is 12.3. The molecule has 0 amide bonds. The zero-order chi connectivity index (χ0) is 20.4. The minimum absolute atomic E-state index is 0.0964. The third kappa shape index (κ3) is 4.31. The van der Waals surface area contributed by atoms with E-state index in [-0.39, 0.29) is 17.8 Å². The van der Waals surface area contributed by atoms with Gasteiger partial charge in [0.1, 0.15) is 5.69 Å². The Hall–Kier alpha value is -2.76. The number of carbonyl (C=O) groups is 1. The molecule has 0 fully saturated rings. The summed E-state index contributed by atoms with van der Waals surface area (Å²) >= 11 is 0. The quantitative estimate of drug-likeness (QED) is 0.651. The van der Waals surface area contributed by atoms with Gasteiger partial charge >= 0.3 is 0 Å². The maximum Gasteiger partial charge on any atom is 0.178 e. The highest BCUT2D eigenvalue weighted by Gasteiger charge is 2.38. The van der Waals surface area contributed by atoms with E-state index in [1.807, 2.05) is 62.4 Å². The van der Waals surface area contributed by atoms with Crippen molar-refractivity contribution < 1.29 is 18.8 Å². The van der Waals surface area contributed by atoms with Gasteiger partial charge in [-0.05, 0) is 43.6 Å². The van der Waals surface area contributed by atoms with Crippen LogP contribution in [0, 0.1) is 5.92 Å². The van der Waals surface area contributed by atoms with Crippen LogP contribution in [0.5, 0.6) is 0 Å². The summed E-state index contributed by atoms with van der Waals surface area (Å²) in [5, 5.41) is 4.29. The van der Waals surface area contributed by atoms with Crippen molar-refractivity contribution in [2.45, 2.75) is 39.1 Å². The van der Waals surface area contributed by atoms with E-state index >= 15 is 0 Å². The lowest BCUT2D eigenvalue weighted by Crippen LogP contribution is -2.38. The van der Waals surface area contributed by atoms with E-state index in [1.54, 1.807) is 0 Å². The van der Waals surface area contributed by atoms with Crippen molar-refractivity contribution in [1.29, 1.82) is 0 Å². The Balaban J connectivity index is 1.64. The Kier molecular flexibility index (Phi) is 5.60. The van der Waals surface area contributed by atoms with Crippen LogP contribution >= 0.6 is 0 Å². The molecule has 2 aromatic rings. The van der Waals surface area contributed by atoms with Gasteiger partial charge in [0.2, 0.25) is 0 Å². The van der Waals surface area contributed by atoms with E-state index < -0.39 is 6.29 Å². The number of fused-ring (bicyclic) bond motifs is 1. The predicted octanol–water partition coefficient (Wildman–Crippen LogP) is 4.97. The fraction of sp³-hybridized carbons (Fsp3) is 0.333. The first-order chi connectivity index (χ1) is 14.0. The van der Waals surface area contributed by atoms with Crippen LogP contribution in [0.2, 0.25) is 0 Å². The highest BCUT2D eigenvalue weighted by atomic mass is 16.7. The van der Waals surface area contributed by atoms with E-state index in [9.17, 15) is 4.79 Å². The van der Waals surface area contributed by atoms with E-state index in [4.69, 9.17) is 14.0 Å². The SMILES string of the molecule is C=C(C)CCO[C@@H]1C=C(c2cc(-c3ccccc3)on2)[C@H]2CC(=O)C(C)=CC2O1. The molecule has 2 aliphatic rings. The van der Waals surface area contributed by atoms with Gasteiger partial charge < -0.3 is 14.0 Å². The molecule has 2 heterocycles. The third-order valence-electron chi connectivity index (χ3n) is 5.34. The molecule has 0 spiro atoms. The smallest absolute Gasteiger partial charge is 0.178 e. The summed E-state index contributed by atoms with van der Waals surface area (Å²) in [5.74, 6) is 0.730. The van der Waals surface area contributed by atoms with Gasteiger partial charge in [-0.1, -0.05) is 41.1 Å². The lowest BCUT2D eigenvalue weighted by Gasteiger charge is -2.36. The monoisotopic (exact) mass is 391 g/mol. The fourth-order valence-corrected chi connectivity index (χ4v) is 3.68. The van der Waals surface area contributed by atoms with E-state index in [0.717, 1.165) is 34.4 Å². The maximum absolute atomic E-state index is 12.3. The molecule has 1 aliphatic carbocycles. The number of hydrogen-bond donors (Lipinski definition) is 0. The molecule has 5 heteroatoms. The first-order valence-electron chi connectivity index (χ1n) is 9.88. The fourth-order valence-electron chi connectivity index (χ4n) is 3.68. The summed E-state index contributed by atoms with van der Waals surface area (Å²) in [6.07, 6.45) is 4.27. The van der Waals surface area contributed by atoms with Crippen molar-refractivity contribution in [3.05, 3.63) is 72.0 Å². The molecule has 0 radical (unpaired) electrons. The van der Waals surface area contributed by atoms with Crippen LogP contribution in [-0.2, 0) is 14.3 Å². The second-order valence-corrected chi connectivity index (χ2v) is 7.69. The number of nitrogens with zero attached hydrogens (tertiary/aromatic N) is 1. The molecule has 1 unspecified atom stereocenters. The number of carbonyl (C=O) groups excluding carboxylic acids is 1. The van der Waals surface area contributed by atoms with Crippen LogP contribution in [0.3, 0.4) is 0 Å². The summed E-state index contributed by atoms with van der Waals surface area (Å²) in [6, 6.07) is 11.8. The van der Waals surface area contributed by atoms with Gasteiger partial charge in [0.15, 0.2) is 17.8 Å². The molecule has 0 saturated carbocycles. The molecule has 0 saturated heterocycles. The molecule has 150 valence electrons. The van der Waals surface area contributed by atoms with Crippen LogP contribution in [0.25, 0.3) is 16.9 Å². The average molecular weight is 391 g/mol. The highest BCUT2D eigenvalue weighted by Crippen LogP contribution is 2.40. The molecular weight excluding hydrogens is 366 g/mol. The van der Waals surface area contributed by atoms with Crippen molar-refractivity contribution in [3.63, 3.8) is 0 Å². The maximum atomic E-state index is 12.3. The molecule has 4 rings (SSSR count). The third-order valence-corrected chi connectivity index (χ3v) is 5.34. The van der Waals surface area contributed by atoms with Crippen LogP contribution < -0.4 is 0 Å². The Morgan fingerprint density at radius 3 is 2.83 bits per heavy atom. The lowest BCUT2D eigenvalue weighted by molar-refractivity contribution is -0.148. The standard InChI is InChI=1S/C24H25NO4/c1-15(2)9-10-27-24-13-18(19-12-21(26)16(3)11-23(19)28-24)20-14-22(29-25-20)17-7-5-4-6-8-17/h4-8,11,13-14,19,23-24H,1,9-10,12H2,2-3H3/t19-,23?,24+/m1/s1. The number of allylic oxidation sites excluding steroid dienone is 1.